The van der Waals surface area contributed by atoms with E-state index in [2.05, 4.69) is 13.5 Å². The van der Waals surface area contributed by atoms with Gasteiger partial charge in [0.2, 0.25) is 0 Å². The number of hydrogen-bond donors (Lipinski definition) is 1. The van der Waals surface area contributed by atoms with Crippen molar-refractivity contribution < 1.29 is 4.79 Å². The highest BCUT2D eigenvalue weighted by Gasteiger charge is 2.18. The summed E-state index contributed by atoms with van der Waals surface area (Å²) < 4.78 is 0. The average molecular weight is 220 g/mol. The molecule has 2 N–H and O–H groups in total. The first-order valence-electron chi connectivity index (χ1n) is 4.98. The van der Waals surface area contributed by atoms with E-state index in [9.17, 15) is 4.79 Å². The van der Waals surface area contributed by atoms with Crippen molar-refractivity contribution in [2.45, 2.75) is 46.1 Å². The predicted octanol–water partition coefficient (Wildman–Crippen LogP) is 2.71. The van der Waals surface area contributed by atoms with Crippen molar-refractivity contribution in [1.82, 2.24) is 0 Å². The maximum absolute atomic E-state index is 11.6. The van der Waals surface area contributed by atoms with Gasteiger partial charge in [-0.1, -0.05) is 33.8 Å². The number of ketones is 1. The Morgan fingerprint density at radius 2 is 1.93 bits per heavy atom. The lowest BCUT2D eigenvalue weighted by Crippen LogP contribution is -2.36. The lowest BCUT2D eigenvalue weighted by molar-refractivity contribution is -0.117. The van der Waals surface area contributed by atoms with Gasteiger partial charge in [-0.25, -0.2) is 0 Å². The van der Waals surface area contributed by atoms with Crippen molar-refractivity contribution >= 4 is 18.2 Å². The number of rotatable bonds is 6. The summed E-state index contributed by atoms with van der Waals surface area (Å²) in [6.07, 6.45) is 2.90. The zero-order valence-corrected chi connectivity index (χ0v) is 10.2. The molecule has 0 bridgehead atoms. The van der Waals surface area contributed by atoms with Crippen LogP contribution in [0.4, 0.5) is 0 Å². The molecule has 14 heavy (non-hydrogen) atoms. The molecule has 0 aliphatic rings. The first kappa shape index (κ1) is 16.1. The second kappa shape index (κ2) is 8.01. The lowest BCUT2D eigenvalue weighted by Gasteiger charge is -2.15. The van der Waals surface area contributed by atoms with E-state index in [0.717, 1.165) is 19.3 Å². The minimum absolute atomic E-state index is 0. The van der Waals surface area contributed by atoms with E-state index < -0.39 is 0 Å². The standard InChI is InChI=1S/C11H21NO.ClH/c1-5-6-7-9(4)11(13)10(12)8(2)3;/h8,10H,4-7,12H2,1-3H3;1H/t10-;/m0./s1. The van der Waals surface area contributed by atoms with Gasteiger partial charge in [0.1, 0.15) is 0 Å². The highest BCUT2D eigenvalue weighted by atomic mass is 35.5. The van der Waals surface area contributed by atoms with Crippen molar-refractivity contribution in [2.24, 2.45) is 11.7 Å². The van der Waals surface area contributed by atoms with E-state index >= 15 is 0 Å². The molecule has 2 nitrogen and oxygen atoms in total. The number of hydrogen-bond acceptors (Lipinski definition) is 2. The molecule has 1 atom stereocenters. The zero-order chi connectivity index (χ0) is 10.4. The number of Topliss-reactive ketones (excluding diaryl/α,β-unsaturated/α-hetero) is 1. The molecule has 0 rings (SSSR count). The molecule has 0 aliphatic carbocycles. The van der Waals surface area contributed by atoms with Crippen LogP contribution in [0.25, 0.3) is 0 Å². The molecule has 0 saturated heterocycles. The lowest BCUT2D eigenvalue weighted by atomic mass is 9.94. The first-order chi connectivity index (χ1) is 6.00. The Balaban J connectivity index is 0. The van der Waals surface area contributed by atoms with Crippen LogP contribution in [0.15, 0.2) is 12.2 Å². The Hall–Kier alpha value is -0.340. The first-order valence-corrected chi connectivity index (χ1v) is 4.98. The molecule has 0 spiro atoms. The second-order valence-electron chi connectivity index (χ2n) is 3.84. The third-order valence-electron chi connectivity index (χ3n) is 2.20. The van der Waals surface area contributed by atoms with Gasteiger partial charge < -0.3 is 5.73 Å². The minimum Gasteiger partial charge on any atom is -0.321 e. The van der Waals surface area contributed by atoms with Crippen molar-refractivity contribution in [2.75, 3.05) is 0 Å². The molecular weight excluding hydrogens is 198 g/mol. The van der Waals surface area contributed by atoms with Crippen molar-refractivity contribution in [3.63, 3.8) is 0 Å². The van der Waals surface area contributed by atoms with Crippen molar-refractivity contribution in [3.05, 3.63) is 12.2 Å². The quantitative estimate of drug-likeness (QED) is 0.699. The highest BCUT2D eigenvalue weighted by Crippen LogP contribution is 2.11. The van der Waals surface area contributed by atoms with E-state index in [1.54, 1.807) is 0 Å². The molecule has 0 amide bonds. The van der Waals surface area contributed by atoms with E-state index in [-0.39, 0.29) is 30.2 Å². The van der Waals surface area contributed by atoms with Crippen LogP contribution in [0.2, 0.25) is 0 Å². The molecule has 0 saturated carbocycles. The Kier molecular flexibility index (Phi) is 9.21. The smallest absolute Gasteiger partial charge is 0.175 e. The third-order valence-corrected chi connectivity index (χ3v) is 2.20. The molecule has 0 unspecified atom stereocenters. The summed E-state index contributed by atoms with van der Waals surface area (Å²) in [5, 5.41) is 0. The van der Waals surface area contributed by atoms with Gasteiger partial charge in [0.05, 0.1) is 6.04 Å². The van der Waals surface area contributed by atoms with E-state index in [1.165, 1.54) is 0 Å². The third kappa shape index (κ3) is 5.40. The molecule has 0 heterocycles. The SMILES string of the molecule is C=C(CCCC)C(=O)[C@@H](N)C(C)C.Cl. The van der Waals surface area contributed by atoms with Crippen LogP contribution in [0.1, 0.15) is 40.0 Å². The maximum atomic E-state index is 11.6. The zero-order valence-electron chi connectivity index (χ0n) is 9.38. The van der Waals surface area contributed by atoms with E-state index in [4.69, 9.17) is 5.73 Å². The normalized spacial score (nSPS) is 12.1. The van der Waals surface area contributed by atoms with Gasteiger partial charge in [-0.05, 0) is 24.3 Å². The predicted molar refractivity (Wildman–Crippen MR) is 63.7 cm³/mol. The summed E-state index contributed by atoms with van der Waals surface area (Å²) >= 11 is 0. The van der Waals surface area contributed by atoms with Gasteiger partial charge in [0.25, 0.3) is 0 Å². The molecule has 0 fully saturated rings. The number of carbonyl (C=O) groups is 1. The molecule has 0 aromatic carbocycles. The van der Waals surface area contributed by atoms with Crippen LogP contribution in [-0.4, -0.2) is 11.8 Å². The summed E-state index contributed by atoms with van der Waals surface area (Å²) in [5.41, 5.74) is 6.41. The van der Waals surface area contributed by atoms with Gasteiger partial charge in [0.15, 0.2) is 5.78 Å². The molecule has 0 aliphatic heterocycles. The summed E-state index contributed by atoms with van der Waals surface area (Å²) in [6.45, 7) is 9.77. The van der Waals surface area contributed by atoms with Gasteiger partial charge >= 0.3 is 0 Å². The van der Waals surface area contributed by atoms with Crippen LogP contribution in [0.5, 0.6) is 0 Å². The molecule has 3 heteroatoms. The number of carbonyl (C=O) groups excluding carboxylic acids is 1. The monoisotopic (exact) mass is 219 g/mol. The summed E-state index contributed by atoms with van der Waals surface area (Å²) in [5.74, 6) is 0.231. The number of halogens is 1. The molecule has 0 aromatic rings. The van der Waals surface area contributed by atoms with Crippen LogP contribution in [0.3, 0.4) is 0 Å². The average Bonchev–Trinajstić information content (AvgIpc) is 2.11. The summed E-state index contributed by atoms with van der Waals surface area (Å²) in [7, 11) is 0. The molecule has 0 aromatic heterocycles. The van der Waals surface area contributed by atoms with E-state index in [1.807, 2.05) is 13.8 Å². The Bertz CT molecular complexity index is 190. The van der Waals surface area contributed by atoms with Crippen LogP contribution >= 0.6 is 12.4 Å². The topological polar surface area (TPSA) is 43.1 Å². The maximum Gasteiger partial charge on any atom is 0.175 e. The highest BCUT2D eigenvalue weighted by molar-refractivity contribution is 5.98. The summed E-state index contributed by atoms with van der Waals surface area (Å²) in [4.78, 5) is 11.6. The Morgan fingerprint density at radius 3 is 2.29 bits per heavy atom. The molecular formula is C11H22ClNO. The Labute approximate surface area is 93.4 Å². The van der Waals surface area contributed by atoms with Crippen molar-refractivity contribution in [3.8, 4) is 0 Å². The number of nitrogens with two attached hydrogens (primary N) is 1. The van der Waals surface area contributed by atoms with Crippen molar-refractivity contribution in [1.29, 1.82) is 0 Å². The second-order valence-corrected chi connectivity index (χ2v) is 3.84. The number of unbranched alkanes of at least 4 members (excludes halogenated alkanes) is 1. The van der Waals surface area contributed by atoms with Crippen LogP contribution < -0.4 is 5.73 Å². The van der Waals surface area contributed by atoms with Crippen LogP contribution in [0, 0.1) is 5.92 Å². The fraction of sp³-hybridized carbons (Fsp3) is 0.727. The van der Waals surface area contributed by atoms with E-state index in [0.29, 0.717) is 5.57 Å². The van der Waals surface area contributed by atoms with Gasteiger partial charge in [-0.3, -0.25) is 4.79 Å². The van der Waals surface area contributed by atoms with Gasteiger partial charge in [0, 0.05) is 0 Å². The van der Waals surface area contributed by atoms with Crippen LogP contribution in [-0.2, 0) is 4.79 Å². The molecule has 0 radical (unpaired) electrons. The molecule has 84 valence electrons. The fourth-order valence-corrected chi connectivity index (χ4v) is 1.05. The largest absolute Gasteiger partial charge is 0.321 e. The Morgan fingerprint density at radius 1 is 1.43 bits per heavy atom. The minimum atomic E-state index is -0.371. The fourth-order valence-electron chi connectivity index (χ4n) is 1.05. The summed E-state index contributed by atoms with van der Waals surface area (Å²) in [6, 6.07) is -0.371. The van der Waals surface area contributed by atoms with Gasteiger partial charge in [-0.15, -0.1) is 12.4 Å². The van der Waals surface area contributed by atoms with Gasteiger partial charge in [-0.2, -0.15) is 0 Å².